The molecule has 2 aromatic rings. The second-order valence-electron chi connectivity index (χ2n) is 4.53. The number of carbonyl (C=O) groups is 1. The van der Waals surface area contributed by atoms with Crippen molar-refractivity contribution in [3.8, 4) is 0 Å². The summed E-state index contributed by atoms with van der Waals surface area (Å²) >= 11 is 0. The molecule has 0 aliphatic carbocycles. The van der Waals surface area contributed by atoms with Gasteiger partial charge in [-0.05, 0) is 26.0 Å². The molecule has 1 amide bonds. The highest BCUT2D eigenvalue weighted by atomic mass is 16.6. The molecule has 1 atom stereocenters. The SMILES string of the molecule is Cc1cc2c(NC(C)C(N)=O)ccc([N+](=O)[O-])c2cn1. The number of aromatic nitrogens is 1. The van der Waals surface area contributed by atoms with Crippen LogP contribution < -0.4 is 11.1 Å². The van der Waals surface area contributed by atoms with Crippen LogP contribution in [0.3, 0.4) is 0 Å². The lowest BCUT2D eigenvalue weighted by Gasteiger charge is -2.14. The normalized spacial score (nSPS) is 12.1. The molecular weight excluding hydrogens is 260 g/mol. The fourth-order valence-corrected chi connectivity index (χ4v) is 1.92. The van der Waals surface area contributed by atoms with Gasteiger partial charge >= 0.3 is 0 Å². The Kier molecular flexibility index (Phi) is 3.51. The van der Waals surface area contributed by atoms with Crippen LogP contribution in [0.4, 0.5) is 11.4 Å². The van der Waals surface area contributed by atoms with Crippen molar-refractivity contribution in [3.63, 3.8) is 0 Å². The summed E-state index contributed by atoms with van der Waals surface area (Å²) in [5.41, 5.74) is 6.53. The van der Waals surface area contributed by atoms with E-state index in [1.54, 1.807) is 26.0 Å². The van der Waals surface area contributed by atoms with Gasteiger partial charge in [0, 0.05) is 29.0 Å². The van der Waals surface area contributed by atoms with Crippen LogP contribution in [0, 0.1) is 17.0 Å². The van der Waals surface area contributed by atoms with Gasteiger partial charge in [0.2, 0.25) is 5.91 Å². The molecule has 1 heterocycles. The molecule has 0 aliphatic rings. The molecule has 0 saturated carbocycles. The summed E-state index contributed by atoms with van der Waals surface area (Å²) in [7, 11) is 0. The van der Waals surface area contributed by atoms with Crippen molar-refractivity contribution >= 4 is 28.1 Å². The summed E-state index contributed by atoms with van der Waals surface area (Å²) in [4.78, 5) is 25.8. The van der Waals surface area contributed by atoms with E-state index in [4.69, 9.17) is 5.73 Å². The Labute approximate surface area is 114 Å². The summed E-state index contributed by atoms with van der Waals surface area (Å²) in [5.74, 6) is -0.498. The first-order chi connectivity index (χ1) is 9.40. The Morgan fingerprint density at radius 1 is 1.45 bits per heavy atom. The second-order valence-corrected chi connectivity index (χ2v) is 4.53. The first kappa shape index (κ1) is 13.7. The van der Waals surface area contributed by atoms with E-state index in [-0.39, 0.29) is 5.69 Å². The Balaban J connectivity index is 2.62. The van der Waals surface area contributed by atoms with E-state index >= 15 is 0 Å². The quantitative estimate of drug-likeness (QED) is 0.651. The Bertz CT molecular complexity index is 699. The average molecular weight is 274 g/mol. The van der Waals surface area contributed by atoms with Crippen molar-refractivity contribution in [2.24, 2.45) is 5.73 Å². The lowest BCUT2D eigenvalue weighted by molar-refractivity contribution is -0.383. The molecule has 1 aromatic carbocycles. The van der Waals surface area contributed by atoms with Crippen molar-refractivity contribution in [2.45, 2.75) is 19.9 Å². The largest absolute Gasteiger partial charge is 0.373 e. The van der Waals surface area contributed by atoms with Gasteiger partial charge in [-0.25, -0.2) is 0 Å². The van der Waals surface area contributed by atoms with E-state index < -0.39 is 16.9 Å². The van der Waals surface area contributed by atoms with Gasteiger partial charge in [0.1, 0.15) is 6.04 Å². The maximum absolute atomic E-state index is 11.1. The second kappa shape index (κ2) is 5.12. The van der Waals surface area contributed by atoms with Gasteiger partial charge in [0.15, 0.2) is 0 Å². The highest BCUT2D eigenvalue weighted by Crippen LogP contribution is 2.31. The third kappa shape index (κ3) is 2.51. The number of aryl methyl sites for hydroxylation is 1. The molecule has 7 nitrogen and oxygen atoms in total. The minimum atomic E-state index is -0.576. The summed E-state index contributed by atoms with van der Waals surface area (Å²) in [6.07, 6.45) is 1.46. The number of hydrogen-bond acceptors (Lipinski definition) is 5. The zero-order chi connectivity index (χ0) is 14.9. The number of nitro groups is 1. The van der Waals surface area contributed by atoms with Crippen LogP contribution in [0.15, 0.2) is 24.4 Å². The van der Waals surface area contributed by atoms with Crippen LogP contribution in [-0.2, 0) is 4.79 Å². The lowest BCUT2D eigenvalue weighted by Crippen LogP contribution is -2.32. The smallest absolute Gasteiger partial charge is 0.278 e. The van der Waals surface area contributed by atoms with Gasteiger partial charge in [-0.1, -0.05) is 0 Å². The zero-order valence-electron chi connectivity index (χ0n) is 11.1. The molecule has 7 heteroatoms. The monoisotopic (exact) mass is 274 g/mol. The molecule has 1 unspecified atom stereocenters. The number of amides is 1. The van der Waals surface area contributed by atoms with E-state index in [1.165, 1.54) is 12.3 Å². The number of non-ortho nitro benzene ring substituents is 1. The third-order valence-electron chi connectivity index (χ3n) is 3.01. The maximum atomic E-state index is 11.1. The molecule has 1 aromatic heterocycles. The molecule has 2 rings (SSSR count). The summed E-state index contributed by atoms with van der Waals surface area (Å²) in [6.45, 7) is 3.42. The van der Waals surface area contributed by atoms with Crippen LogP contribution >= 0.6 is 0 Å². The highest BCUT2D eigenvalue weighted by Gasteiger charge is 2.17. The summed E-state index contributed by atoms with van der Waals surface area (Å²) in [5, 5.41) is 15.0. The van der Waals surface area contributed by atoms with E-state index in [1.807, 2.05) is 0 Å². The Hall–Kier alpha value is -2.70. The number of carbonyl (C=O) groups excluding carboxylic acids is 1. The van der Waals surface area contributed by atoms with Crippen LogP contribution in [-0.4, -0.2) is 21.9 Å². The molecule has 0 bridgehead atoms. The molecule has 0 saturated heterocycles. The van der Waals surface area contributed by atoms with E-state index in [2.05, 4.69) is 10.3 Å². The third-order valence-corrected chi connectivity index (χ3v) is 3.01. The minimum Gasteiger partial charge on any atom is -0.373 e. The van der Waals surface area contributed by atoms with Gasteiger partial charge in [0.25, 0.3) is 5.69 Å². The van der Waals surface area contributed by atoms with Gasteiger partial charge in [-0.2, -0.15) is 0 Å². The first-order valence-corrected chi connectivity index (χ1v) is 5.99. The number of pyridine rings is 1. The van der Waals surface area contributed by atoms with Crippen LogP contribution in [0.25, 0.3) is 10.8 Å². The Morgan fingerprint density at radius 3 is 2.75 bits per heavy atom. The van der Waals surface area contributed by atoms with Crippen LogP contribution in [0.5, 0.6) is 0 Å². The van der Waals surface area contributed by atoms with Crippen LogP contribution in [0.2, 0.25) is 0 Å². The van der Waals surface area contributed by atoms with Gasteiger partial charge in [-0.3, -0.25) is 19.9 Å². The predicted molar refractivity (Wildman–Crippen MR) is 75.4 cm³/mol. The van der Waals surface area contributed by atoms with Crippen LogP contribution in [0.1, 0.15) is 12.6 Å². The number of primary amides is 1. The first-order valence-electron chi connectivity index (χ1n) is 5.99. The topological polar surface area (TPSA) is 111 Å². The maximum Gasteiger partial charge on any atom is 0.278 e. The number of nitro benzene ring substituents is 1. The van der Waals surface area contributed by atoms with E-state index in [9.17, 15) is 14.9 Å². The molecule has 104 valence electrons. The summed E-state index contributed by atoms with van der Waals surface area (Å²) < 4.78 is 0. The van der Waals surface area contributed by atoms with Crippen molar-refractivity contribution < 1.29 is 9.72 Å². The highest BCUT2D eigenvalue weighted by molar-refractivity contribution is 6.00. The molecule has 0 spiro atoms. The van der Waals surface area contributed by atoms with Crippen molar-refractivity contribution in [3.05, 3.63) is 40.2 Å². The molecule has 3 N–H and O–H groups in total. The van der Waals surface area contributed by atoms with Gasteiger partial charge in [-0.15, -0.1) is 0 Å². The lowest BCUT2D eigenvalue weighted by atomic mass is 10.1. The minimum absolute atomic E-state index is 0.0234. The molecule has 0 radical (unpaired) electrons. The van der Waals surface area contributed by atoms with Gasteiger partial charge < -0.3 is 11.1 Å². The average Bonchev–Trinajstić information content (AvgIpc) is 2.38. The number of nitrogens with two attached hydrogens (primary N) is 1. The fraction of sp³-hybridized carbons (Fsp3) is 0.231. The van der Waals surface area contributed by atoms with Gasteiger partial charge in [0.05, 0.1) is 10.3 Å². The molecule has 0 aliphatic heterocycles. The number of anilines is 1. The number of hydrogen-bond donors (Lipinski definition) is 2. The summed E-state index contributed by atoms with van der Waals surface area (Å²) in [6, 6.07) is 4.11. The predicted octanol–water partition coefficient (Wildman–Crippen LogP) is 1.74. The Morgan fingerprint density at radius 2 is 2.15 bits per heavy atom. The molecule has 0 fully saturated rings. The van der Waals surface area contributed by atoms with Crippen molar-refractivity contribution in [2.75, 3.05) is 5.32 Å². The van der Waals surface area contributed by atoms with E-state index in [0.717, 1.165) is 5.69 Å². The van der Waals surface area contributed by atoms with Crippen molar-refractivity contribution in [1.82, 2.24) is 4.98 Å². The van der Waals surface area contributed by atoms with E-state index in [0.29, 0.717) is 16.5 Å². The molecule has 20 heavy (non-hydrogen) atoms. The fourth-order valence-electron chi connectivity index (χ4n) is 1.92. The number of rotatable bonds is 4. The molecular formula is C13H14N4O3. The zero-order valence-corrected chi connectivity index (χ0v) is 11.1. The van der Waals surface area contributed by atoms with Crippen molar-refractivity contribution in [1.29, 1.82) is 0 Å². The number of nitrogens with zero attached hydrogens (tertiary/aromatic N) is 2. The number of nitrogens with one attached hydrogen (secondary N) is 1. The number of fused-ring (bicyclic) bond motifs is 1. The standard InChI is InChI=1S/C13H14N4O3/c1-7-5-9-10(6-15-7)12(17(19)20)4-3-11(9)16-8(2)13(14)18/h3-6,8,16H,1-2H3,(H2,14,18). The number of benzene rings is 1.